The summed E-state index contributed by atoms with van der Waals surface area (Å²) < 4.78 is 17.3. The molecule has 146 valence electrons. The van der Waals surface area contributed by atoms with Gasteiger partial charge in [0.05, 0.1) is 20.3 Å². The first-order valence-corrected chi connectivity index (χ1v) is 10.6. The molecule has 3 heterocycles. The molecule has 27 heavy (non-hydrogen) atoms. The first-order valence-electron chi connectivity index (χ1n) is 9.75. The molecule has 5 nitrogen and oxygen atoms in total. The summed E-state index contributed by atoms with van der Waals surface area (Å²) in [6.45, 7) is 7.80. The zero-order valence-corrected chi connectivity index (χ0v) is 16.8. The van der Waals surface area contributed by atoms with Crippen molar-refractivity contribution in [1.29, 1.82) is 0 Å². The summed E-state index contributed by atoms with van der Waals surface area (Å²) in [6.07, 6.45) is 2.11. The van der Waals surface area contributed by atoms with E-state index in [9.17, 15) is 0 Å². The van der Waals surface area contributed by atoms with Gasteiger partial charge in [-0.2, -0.15) is 0 Å². The monoisotopic (exact) mass is 388 g/mol. The molecule has 1 fully saturated rings. The topological polar surface area (TPSA) is 34.2 Å². The summed E-state index contributed by atoms with van der Waals surface area (Å²) in [4.78, 5) is 6.54. The fourth-order valence-electron chi connectivity index (χ4n) is 3.75. The highest BCUT2D eigenvalue weighted by atomic mass is 32.1. The minimum Gasteiger partial charge on any atom is -0.496 e. The third kappa shape index (κ3) is 4.75. The molecule has 0 amide bonds. The maximum Gasteiger partial charge on any atom is 0.164 e. The van der Waals surface area contributed by atoms with Crippen LogP contribution in [0.3, 0.4) is 0 Å². The lowest BCUT2D eigenvalue weighted by Crippen LogP contribution is -2.30. The highest BCUT2D eigenvalue weighted by Crippen LogP contribution is 2.37. The minimum atomic E-state index is 0.696. The Morgan fingerprint density at radius 1 is 0.963 bits per heavy atom. The number of hydrogen-bond acceptors (Lipinski definition) is 6. The van der Waals surface area contributed by atoms with Crippen LogP contribution in [0.5, 0.6) is 17.2 Å². The van der Waals surface area contributed by atoms with E-state index in [4.69, 9.17) is 14.2 Å². The molecule has 2 aromatic rings. The minimum absolute atomic E-state index is 0.696. The fourth-order valence-corrected chi connectivity index (χ4v) is 4.50. The van der Waals surface area contributed by atoms with Crippen molar-refractivity contribution in [1.82, 2.24) is 9.80 Å². The van der Waals surface area contributed by atoms with Crippen LogP contribution in [-0.4, -0.2) is 56.3 Å². The summed E-state index contributed by atoms with van der Waals surface area (Å²) in [5.41, 5.74) is 1.17. The molecule has 6 heteroatoms. The lowest BCUT2D eigenvalue weighted by atomic mass is 10.1. The molecule has 4 rings (SSSR count). The van der Waals surface area contributed by atoms with Gasteiger partial charge in [0.15, 0.2) is 11.5 Å². The Balaban J connectivity index is 1.41. The molecule has 0 aliphatic carbocycles. The molecule has 0 spiro atoms. The van der Waals surface area contributed by atoms with E-state index in [0.717, 1.165) is 62.9 Å². The van der Waals surface area contributed by atoms with Gasteiger partial charge in [0.1, 0.15) is 5.75 Å². The number of ether oxygens (including phenoxy) is 3. The summed E-state index contributed by atoms with van der Waals surface area (Å²) in [5.74, 6) is 2.53. The maximum absolute atomic E-state index is 5.87. The number of benzene rings is 1. The van der Waals surface area contributed by atoms with Crippen LogP contribution in [0.2, 0.25) is 0 Å². The predicted molar refractivity (Wildman–Crippen MR) is 108 cm³/mol. The van der Waals surface area contributed by atoms with Crippen molar-refractivity contribution in [3.05, 3.63) is 40.1 Å². The van der Waals surface area contributed by atoms with E-state index < -0.39 is 0 Å². The molecule has 1 aromatic carbocycles. The molecule has 0 bridgehead atoms. The van der Waals surface area contributed by atoms with E-state index in [1.165, 1.54) is 16.9 Å². The van der Waals surface area contributed by atoms with Gasteiger partial charge in [-0.3, -0.25) is 9.80 Å². The third-order valence-electron chi connectivity index (χ3n) is 5.19. The van der Waals surface area contributed by atoms with E-state index in [0.29, 0.717) is 13.2 Å². The van der Waals surface area contributed by atoms with Crippen molar-refractivity contribution in [3.63, 3.8) is 0 Å². The SMILES string of the molecule is COc1cc2c(cc1CN1CCCN(Cc3cccs3)CC1)OCCCO2. The van der Waals surface area contributed by atoms with Crippen molar-refractivity contribution in [2.45, 2.75) is 25.9 Å². The lowest BCUT2D eigenvalue weighted by Gasteiger charge is -2.23. The molecule has 0 N–H and O–H groups in total. The van der Waals surface area contributed by atoms with Crippen LogP contribution in [0.25, 0.3) is 0 Å². The third-order valence-corrected chi connectivity index (χ3v) is 6.05. The molecule has 1 aromatic heterocycles. The summed E-state index contributed by atoms with van der Waals surface area (Å²) in [6, 6.07) is 8.46. The first-order chi connectivity index (χ1) is 13.3. The van der Waals surface area contributed by atoms with Gasteiger partial charge in [0.25, 0.3) is 0 Å². The van der Waals surface area contributed by atoms with Gasteiger partial charge in [-0.05, 0) is 37.0 Å². The summed E-state index contributed by atoms with van der Waals surface area (Å²) >= 11 is 1.85. The van der Waals surface area contributed by atoms with Gasteiger partial charge in [-0.25, -0.2) is 0 Å². The normalized spacial score (nSPS) is 18.7. The Morgan fingerprint density at radius 3 is 2.41 bits per heavy atom. The van der Waals surface area contributed by atoms with Crippen LogP contribution in [0.4, 0.5) is 0 Å². The Labute approximate surface area is 165 Å². The molecular formula is C21H28N2O3S. The quantitative estimate of drug-likeness (QED) is 0.781. The zero-order valence-electron chi connectivity index (χ0n) is 16.0. The number of thiophene rings is 1. The Kier molecular flexibility index (Phi) is 6.17. The Bertz CT molecular complexity index is 735. The van der Waals surface area contributed by atoms with Gasteiger partial charge in [-0.1, -0.05) is 6.07 Å². The highest BCUT2D eigenvalue weighted by molar-refractivity contribution is 7.09. The number of nitrogens with zero attached hydrogens (tertiary/aromatic N) is 2. The number of methoxy groups -OCH3 is 1. The van der Waals surface area contributed by atoms with Gasteiger partial charge in [0.2, 0.25) is 0 Å². The van der Waals surface area contributed by atoms with Crippen LogP contribution >= 0.6 is 11.3 Å². The average molecular weight is 389 g/mol. The molecule has 0 saturated carbocycles. The standard InChI is InChI=1S/C21H28N2O3S/c1-24-19-14-21-20(25-10-4-11-26-21)13-17(19)15-22-6-3-7-23(9-8-22)16-18-5-2-12-27-18/h2,5,12-14H,3-4,6-11,15-16H2,1H3. The predicted octanol–water partition coefficient (Wildman–Crippen LogP) is 3.63. The van der Waals surface area contributed by atoms with Crippen LogP contribution in [0.15, 0.2) is 29.6 Å². The largest absolute Gasteiger partial charge is 0.496 e. The Hall–Kier alpha value is -1.76. The number of hydrogen-bond donors (Lipinski definition) is 0. The van der Waals surface area contributed by atoms with Crippen LogP contribution in [-0.2, 0) is 13.1 Å². The molecule has 1 saturated heterocycles. The van der Waals surface area contributed by atoms with E-state index >= 15 is 0 Å². The first kappa shape index (κ1) is 18.6. The zero-order chi connectivity index (χ0) is 18.5. The lowest BCUT2D eigenvalue weighted by molar-refractivity contribution is 0.245. The van der Waals surface area contributed by atoms with Crippen LogP contribution < -0.4 is 14.2 Å². The number of fused-ring (bicyclic) bond motifs is 1. The second kappa shape index (κ2) is 8.95. The van der Waals surface area contributed by atoms with E-state index in [1.54, 1.807) is 7.11 Å². The van der Waals surface area contributed by atoms with Crippen molar-refractivity contribution < 1.29 is 14.2 Å². The second-order valence-electron chi connectivity index (χ2n) is 7.15. The second-order valence-corrected chi connectivity index (χ2v) is 8.18. The van der Waals surface area contributed by atoms with Gasteiger partial charge >= 0.3 is 0 Å². The van der Waals surface area contributed by atoms with E-state index in [2.05, 4.69) is 33.4 Å². The van der Waals surface area contributed by atoms with E-state index in [-0.39, 0.29) is 0 Å². The molecular weight excluding hydrogens is 360 g/mol. The smallest absolute Gasteiger partial charge is 0.164 e. The highest BCUT2D eigenvalue weighted by Gasteiger charge is 2.20. The van der Waals surface area contributed by atoms with Crippen LogP contribution in [0.1, 0.15) is 23.3 Å². The van der Waals surface area contributed by atoms with Gasteiger partial charge in [0, 0.05) is 49.1 Å². The van der Waals surface area contributed by atoms with Crippen molar-refractivity contribution in [2.75, 3.05) is 46.5 Å². The number of rotatable bonds is 5. The Morgan fingerprint density at radius 2 is 1.70 bits per heavy atom. The molecule has 2 aliphatic rings. The molecule has 0 atom stereocenters. The summed E-state index contributed by atoms with van der Waals surface area (Å²) in [5, 5.41) is 2.16. The van der Waals surface area contributed by atoms with Crippen LogP contribution in [0, 0.1) is 0 Å². The van der Waals surface area contributed by atoms with Crippen molar-refractivity contribution in [3.8, 4) is 17.2 Å². The molecule has 2 aliphatic heterocycles. The average Bonchev–Trinajstić information content (AvgIpc) is 2.95. The van der Waals surface area contributed by atoms with E-state index in [1.807, 2.05) is 17.4 Å². The maximum atomic E-state index is 5.87. The molecule has 0 unspecified atom stereocenters. The summed E-state index contributed by atoms with van der Waals surface area (Å²) in [7, 11) is 1.73. The van der Waals surface area contributed by atoms with Crippen molar-refractivity contribution in [2.24, 2.45) is 0 Å². The molecule has 0 radical (unpaired) electrons. The fraction of sp³-hybridized carbons (Fsp3) is 0.524. The van der Waals surface area contributed by atoms with Crippen molar-refractivity contribution >= 4 is 11.3 Å². The van der Waals surface area contributed by atoms with Gasteiger partial charge in [-0.15, -0.1) is 11.3 Å². The van der Waals surface area contributed by atoms with Gasteiger partial charge < -0.3 is 14.2 Å².